The van der Waals surface area contributed by atoms with Gasteiger partial charge in [-0.1, -0.05) is 29.3 Å². The second-order valence-corrected chi connectivity index (χ2v) is 7.91. The molecule has 21 heavy (non-hydrogen) atoms. The average molecular weight is 353 g/mol. The van der Waals surface area contributed by atoms with E-state index in [0.29, 0.717) is 23.0 Å². The van der Waals surface area contributed by atoms with Gasteiger partial charge in [0.15, 0.2) is 0 Å². The molecular formula is C13H18Cl2N2O3S. The van der Waals surface area contributed by atoms with E-state index < -0.39 is 15.9 Å². The van der Waals surface area contributed by atoms with Gasteiger partial charge in [0.25, 0.3) is 0 Å². The molecule has 1 rings (SSSR count). The van der Waals surface area contributed by atoms with Crippen LogP contribution in [0.2, 0.25) is 10.0 Å². The van der Waals surface area contributed by atoms with Gasteiger partial charge in [0.2, 0.25) is 5.91 Å². The number of amides is 1. The Bertz CT molecular complexity index is 605. The lowest BCUT2D eigenvalue weighted by Crippen LogP contribution is -2.42. The SMILES string of the molecule is CS(=O)(=O)CCC(N)C(=O)NCCc1ccc(Cl)cc1Cl. The summed E-state index contributed by atoms with van der Waals surface area (Å²) >= 11 is 11.8. The van der Waals surface area contributed by atoms with Crippen LogP contribution in [0.3, 0.4) is 0 Å². The van der Waals surface area contributed by atoms with Crippen LogP contribution in [0.25, 0.3) is 0 Å². The maximum atomic E-state index is 11.7. The molecule has 0 aliphatic heterocycles. The Hall–Kier alpha value is -0.820. The van der Waals surface area contributed by atoms with Crippen molar-refractivity contribution < 1.29 is 13.2 Å². The molecule has 1 aromatic carbocycles. The van der Waals surface area contributed by atoms with Crippen molar-refractivity contribution in [3.05, 3.63) is 33.8 Å². The smallest absolute Gasteiger partial charge is 0.236 e. The van der Waals surface area contributed by atoms with Crippen LogP contribution in [0.5, 0.6) is 0 Å². The maximum Gasteiger partial charge on any atom is 0.236 e. The zero-order valence-electron chi connectivity index (χ0n) is 11.6. The predicted octanol–water partition coefficient (Wildman–Crippen LogP) is 1.41. The van der Waals surface area contributed by atoms with Crippen LogP contribution in [0.15, 0.2) is 18.2 Å². The molecule has 0 spiro atoms. The molecule has 5 nitrogen and oxygen atoms in total. The summed E-state index contributed by atoms with van der Waals surface area (Å²) in [6.07, 6.45) is 1.76. The van der Waals surface area contributed by atoms with Crippen LogP contribution in [0, 0.1) is 0 Å². The Morgan fingerprint density at radius 3 is 2.62 bits per heavy atom. The van der Waals surface area contributed by atoms with Crippen molar-refractivity contribution in [1.29, 1.82) is 0 Å². The first-order valence-corrected chi connectivity index (χ1v) is 9.15. The number of sulfone groups is 1. The van der Waals surface area contributed by atoms with Gasteiger partial charge < -0.3 is 11.1 Å². The molecule has 0 bridgehead atoms. The monoisotopic (exact) mass is 352 g/mol. The summed E-state index contributed by atoms with van der Waals surface area (Å²) in [7, 11) is -3.12. The highest BCUT2D eigenvalue weighted by molar-refractivity contribution is 7.90. The van der Waals surface area contributed by atoms with Gasteiger partial charge in [-0.05, 0) is 30.5 Å². The first-order chi connectivity index (χ1) is 9.69. The van der Waals surface area contributed by atoms with Gasteiger partial charge in [-0.3, -0.25) is 4.79 Å². The zero-order valence-corrected chi connectivity index (χ0v) is 13.9. The summed E-state index contributed by atoms with van der Waals surface area (Å²) < 4.78 is 22.0. The van der Waals surface area contributed by atoms with Gasteiger partial charge in [0.05, 0.1) is 11.8 Å². The highest BCUT2D eigenvalue weighted by atomic mass is 35.5. The topological polar surface area (TPSA) is 89.3 Å². The summed E-state index contributed by atoms with van der Waals surface area (Å²) in [5.74, 6) is -0.478. The number of rotatable bonds is 7. The molecular weight excluding hydrogens is 335 g/mol. The molecule has 1 unspecified atom stereocenters. The van der Waals surface area contributed by atoms with Crippen molar-refractivity contribution in [2.45, 2.75) is 18.9 Å². The minimum absolute atomic E-state index is 0.104. The van der Waals surface area contributed by atoms with Crippen molar-refractivity contribution in [3.8, 4) is 0 Å². The van der Waals surface area contributed by atoms with Gasteiger partial charge in [0.1, 0.15) is 9.84 Å². The fourth-order valence-electron chi connectivity index (χ4n) is 1.65. The molecule has 1 amide bonds. The molecule has 1 atom stereocenters. The molecule has 1 aromatic rings. The Kier molecular flexibility index (Phi) is 6.93. The Balaban J connectivity index is 2.39. The number of benzene rings is 1. The number of carbonyl (C=O) groups excluding carboxylic acids is 1. The van der Waals surface area contributed by atoms with Gasteiger partial charge in [-0.15, -0.1) is 0 Å². The fourth-order valence-corrected chi connectivity index (χ4v) is 2.83. The lowest BCUT2D eigenvalue weighted by atomic mass is 10.1. The molecule has 118 valence electrons. The molecule has 0 fully saturated rings. The molecule has 0 saturated carbocycles. The maximum absolute atomic E-state index is 11.7. The average Bonchev–Trinajstić information content (AvgIpc) is 2.37. The van der Waals surface area contributed by atoms with Crippen molar-refractivity contribution in [2.24, 2.45) is 5.73 Å². The van der Waals surface area contributed by atoms with Crippen LogP contribution >= 0.6 is 23.2 Å². The zero-order chi connectivity index (χ0) is 16.0. The standard InChI is InChI=1S/C13H18Cl2N2O3S/c1-21(19,20)7-5-12(16)13(18)17-6-4-9-2-3-10(14)8-11(9)15/h2-3,8,12H,4-7,16H2,1H3,(H,17,18). The van der Waals surface area contributed by atoms with E-state index in [1.165, 1.54) is 0 Å². The van der Waals surface area contributed by atoms with E-state index in [0.717, 1.165) is 11.8 Å². The first-order valence-electron chi connectivity index (χ1n) is 6.34. The number of nitrogens with one attached hydrogen (secondary N) is 1. The molecule has 3 N–H and O–H groups in total. The minimum Gasteiger partial charge on any atom is -0.354 e. The van der Waals surface area contributed by atoms with Crippen molar-refractivity contribution >= 4 is 38.9 Å². The van der Waals surface area contributed by atoms with E-state index in [4.69, 9.17) is 28.9 Å². The minimum atomic E-state index is -3.12. The predicted molar refractivity (Wildman–Crippen MR) is 85.5 cm³/mol. The molecule has 0 heterocycles. The molecule has 0 aromatic heterocycles. The molecule has 8 heteroatoms. The molecule has 0 aliphatic carbocycles. The Morgan fingerprint density at radius 1 is 1.38 bits per heavy atom. The van der Waals surface area contributed by atoms with E-state index in [1.807, 2.05) is 0 Å². The number of carbonyl (C=O) groups is 1. The van der Waals surface area contributed by atoms with E-state index in [9.17, 15) is 13.2 Å². The van der Waals surface area contributed by atoms with Crippen LogP contribution in [0.4, 0.5) is 0 Å². The van der Waals surface area contributed by atoms with Crippen molar-refractivity contribution in [3.63, 3.8) is 0 Å². The van der Waals surface area contributed by atoms with E-state index >= 15 is 0 Å². The number of halogens is 2. The largest absolute Gasteiger partial charge is 0.354 e. The van der Waals surface area contributed by atoms with Gasteiger partial charge in [-0.25, -0.2) is 8.42 Å². The van der Waals surface area contributed by atoms with Crippen LogP contribution in [-0.2, 0) is 21.1 Å². The summed E-state index contributed by atoms with van der Waals surface area (Å²) in [5.41, 5.74) is 6.50. The highest BCUT2D eigenvalue weighted by Crippen LogP contribution is 2.20. The normalized spacial score (nSPS) is 13.0. The van der Waals surface area contributed by atoms with E-state index in [2.05, 4.69) is 5.32 Å². The quantitative estimate of drug-likeness (QED) is 0.776. The molecule has 0 radical (unpaired) electrons. The lowest BCUT2D eigenvalue weighted by Gasteiger charge is -2.12. The Labute approximate surface area is 134 Å². The summed E-state index contributed by atoms with van der Waals surface area (Å²) in [5, 5.41) is 3.75. The van der Waals surface area contributed by atoms with Crippen LogP contribution in [0.1, 0.15) is 12.0 Å². The third-order valence-corrected chi connectivity index (χ3v) is 4.41. The van der Waals surface area contributed by atoms with Gasteiger partial charge >= 0.3 is 0 Å². The number of hydrogen-bond acceptors (Lipinski definition) is 4. The third-order valence-electron chi connectivity index (χ3n) is 2.85. The summed E-state index contributed by atoms with van der Waals surface area (Å²) in [6, 6.07) is 4.32. The second-order valence-electron chi connectivity index (χ2n) is 4.80. The molecule has 0 aliphatic rings. The van der Waals surface area contributed by atoms with E-state index in [1.54, 1.807) is 18.2 Å². The molecule has 0 saturated heterocycles. The number of nitrogens with two attached hydrogens (primary N) is 1. The van der Waals surface area contributed by atoms with Crippen LogP contribution in [-0.4, -0.2) is 38.9 Å². The van der Waals surface area contributed by atoms with Gasteiger partial charge in [-0.2, -0.15) is 0 Å². The Morgan fingerprint density at radius 2 is 2.05 bits per heavy atom. The van der Waals surface area contributed by atoms with E-state index in [-0.39, 0.29) is 18.1 Å². The second kappa shape index (κ2) is 7.98. The number of hydrogen-bond donors (Lipinski definition) is 2. The summed E-state index contributed by atoms with van der Waals surface area (Å²) in [4.78, 5) is 11.7. The summed E-state index contributed by atoms with van der Waals surface area (Å²) in [6.45, 7) is 0.368. The fraction of sp³-hybridized carbons (Fsp3) is 0.462. The van der Waals surface area contributed by atoms with Crippen LogP contribution < -0.4 is 11.1 Å². The van der Waals surface area contributed by atoms with Crippen molar-refractivity contribution in [2.75, 3.05) is 18.6 Å². The highest BCUT2D eigenvalue weighted by Gasteiger charge is 2.15. The first kappa shape index (κ1) is 18.2. The lowest BCUT2D eigenvalue weighted by molar-refractivity contribution is -0.122. The third kappa shape index (κ3) is 7.13. The van der Waals surface area contributed by atoms with Gasteiger partial charge in [0, 0.05) is 22.8 Å². The van der Waals surface area contributed by atoms with Crippen molar-refractivity contribution in [1.82, 2.24) is 5.32 Å².